The maximum atomic E-state index is 6.06. The number of rotatable bonds is 2. The number of nitrogens with two attached hydrogens (primary N) is 1. The quantitative estimate of drug-likeness (QED) is 0.727. The smallest absolute Gasteiger partial charge is 0.199 e. The normalized spacial score (nSPS) is 19.1. The number of nitrogen functional groups attached to an aromatic ring is 1. The lowest BCUT2D eigenvalue weighted by Crippen LogP contribution is -3.11. The van der Waals surface area contributed by atoms with Crippen LogP contribution in [0.25, 0.3) is 10.2 Å². The molecule has 3 rings (SSSR count). The van der Waals surface area contributed by atoms with Crippen molar-refractivity contribution < 1.29 is 4.90 Å². The summed E-state index contributed by atoms with van der Waals surface area (Å²) in [7, 11) is 0. The second kappa shape index (κ2) is 4.60. The van der Waals surface area contributed by atoms with Gasteiger partial charge in [-0.3, -0.25) is 0 Å². The summed E-state index contributed by atoms with van der Waals surface area (Å²) in [5.74, 6) is 0.682. The molecule has 0 fully saturated rings. The molecule has 6 heteroatoms. The summed E-state index contributed by atoms with van der Waals surface area (Å²) in [5, 5.41) is 1.11. The Morgan fingerprint density at radius 3 is 3.17 bits per heavy atom. The summed E-state index contributed by atoms with van der Waals surface area (Å²) in [5.41, 5.74) is 7.45. The number of nitrogens with zero attached hydrogens (tertiary/aromatic N) is 1. The van der Waals surface area contributed by atoms with E-state index in [0.717, 1.165) is 23.2 Å². The van der Waals surface area contributed by atoms with Gasteiger partial charge < -0.3 is 15.6 Å². The van der Waals surface area contributed by atoms with Gasteiger partial charge in [0.05, 0.1) is 23.4 Å². The van der Waals surface area contributed by atoms with E-state index in [2.05, 4.69) is 16.9 Å². The van der Waals surface area contributed by atoms with Crippen molar-refractivity contribution in [2.75, 3.05) is 18.8 Å². The van der Waals surface area contributed by atoms with Gasteiger partial charge in [-0.15, -0.1) is 11.3 Å². The van der Waals surface area contributed by atoms with Crippen LogP contribution in [0.2, 0.25) is 0 Å². The second-order valence-corrected chi connectivity index (χ2v) is 6.29. The van der Waals surface area contributed by atoms with Crippen molar-refractivity contribution in [2.24, 2.45) is 0 Å². The topological polar surface area (TPSA) is 59.1 Å². The predicted octanol–water partition coefficient (Wildman–Crippen LogP) is 1.29. The van der Waals surface area contributed by atoms with Gasteiger partial charge in [0.25, 0.3) is 0 Å². The minimum atomic E-state index is 0.483. The molecular weight excluding hydrogens is 264 g/mol. The van der Waals surface area contributed by atoms with Gasteiger partial charge >= 0.3 is 0 Å². The van der Waals surface area contributed by atoms with E-state index in [0.29, 0.717) is 10.6 Å². The van der Waals surface area contributed by atoms with Gasteiger partial charge in [0, 0.05) is 6.42 Å². The largest absolute Gasteiger partial charge is 0.385 e. The Kier molecular flexibility index (Phi) is 3.09. The van der Waals surface area contributed by atoms with Gasteiger partial charge in [0.1, 0.15) is 17.2 Å². The first-order valence-electron chi connectivity index (χ1n) is 6.32. The Morgan fingerprint density at radius 2 is 2.39 bits per heavy atom. The number of fused-ring (bicyclic) bond motifs is 3. The average molecular weight is 281 g/mol. The Morgan fingerprint density at radius 1 is 1.56 bits per heavy atom. The average Bonchev–Trinajstić information content (AvgIpc) is 2.66. The van der Waals surface area contributed by atoms with Crippen molar-refractivity contribution >= 4 is 39.6 Å². The first-order valence-corrected chi connectivity index (χ1v) is 7.55. The summed E-state index contributed by atoms with van der Waals surface area (Å²) in [6.45, 7) is 5.79. The Hall–Kier alpha value is -0.980. The highest BCUT2D eigenvalue weighted by Crippen LogP contribution is 2.33. The summed E-state index contributed by atoms with van der Waals surface area (Å²) in [6, 6.07) is 0. The van der Waals surface area contributed by atoms with Crippen molar-refractivity contribution in [3.05, 3.63) is 15.2 Å². The number of hydrogen-bond acceptors (Lipinski definition) is 4. The maximum absolute atomic E-state index is 6.06. The lowest BCUT2D eigenvalue weighted by molar-refractivity contribution is -0.915. The number of aromatic nitrogens is 2. The molecule has 0 amide bonds. The summed E-state index contributed by atoms with van der Waals surface area (Å²) >= 11 is 6.85. The molecule has 2 aromatic rings. The van der Waals surface area contributed by atoms with Crippen LogP contribution in [0.1, 0.15) is 23.8 Å². The van der Waals surface area contributed by atoms with E-state index < -0.39 is 0 Å². The Bertz CT molecular complexity index is 643. The third-order valence-corrected chi connectivity index (χ3v) is 4.85. The molecule has 0 radical (unpaired) electrons. The molecule has 18 heavy (non-hydrogen) atoms. The molecule has 1 atom stereocenters. The molecule has 2 aromatic heterocycles. The zero-order valence-corrected chi connectivity index (χ0v) is 12.0. The van der Waals surface area contributed by atoms with Crippen LogP contribution < -0.4 is 10.6 Å². The van der Waals surface area contributed by atoms with E-state index in [4.69, 9.17) is 18.0 Å². The fraction of sp³-hybridized carbons (Fsp3) is 0.500. The summed E-state index contributed by atoms with van der Waals surface area (Å²) in [6.07, 6.45) is 2.33. The number of thiophene rings is 1. The number of anilines is 1. The SMILES string of the molecule is CCC[NH+]1CCc2c(sc3nc(=S)[nH]c(N)c23)C1. The van der Waals surface area contributed by atoms with E-state index in [1.165, 1.54) is 30.0 Å². The van der Waals surface area contributed by atoms with Crippen molar-refractivity contribution in [2.45, 2.75) is 26.3 Å². The Balaban J connectivity index is 2.10. The molecule has 0 bridgehead atoms. The van der Waals surface area contributed by atoms with Crippen molar-refractivity contribution in [1.29, 1.82) is 0 Å². The summed E-state index contributed by atoms with van der Waals surface area (Å²) < 4.78 is 0.483. The van der Waals surface area contributed by atoms with Crippen molar-refractivity contribution in [3.63, 3.8) is 0 Å². The van der Waals surface area contributed by atoms with Crippen LogP contribution >= 0.6 is 23.6 Å². The Labute approximate surface area is 115 Å². The van der Waals surface area contributed by atoms with Crippen molar-refractivity contribution in [1.82, 2.24) is 9.97 Å². The molecule has 0 spiro atoms. The van der Waals surface area contributed by atoms with Crippen LogP contribution in [0.5, 0.6) is 0 Å². The molecule has 4 N–H and O–H groups in total. The number of H-pyrrole nitrogens is 1. The van der Waals surface area contributed by atoms with Crippen LogP contribution in [-0.4, -0.2) is 23.1 Å². The molecule has 96 valence electrons. The van der Waals surface area contributed by atoms with E-state index in [9.17, 15) is 0 Å². The zero-order chi connectivity index (χ0) is 12.7. The minimum absolute atomic E-state index is 0.483. The molecule has 1 unspecified atom stereocenters. The van der Waals surface area contributed by atoms with E-state index in [1.54, 1.807) is 16.2 Å². The molecule has 0 aromatic carbocycles. The standard InChI is InChI=1S/C12H16N4S2/c1-2-4-16-5-3-7-8(6-16)18-11-9(7)10(13)14-12(17)15-11/h2-6H2,1H3,(H3,13,14,15,17)/p+1. The second-order valence-electron chi connectivity index (χ2n) is 4.82. The van der Waals surface area contributed by atoms with Crippen LogP contribution in [0.4, 0.5) is 5.82 Å². The first kappa shape index (κ1) is 12.1. The molecule has 0 saturated carbocycles. The highest BCUT2D eigenvalue weighted by molar-refractivity contribution is 7.71. The highest BCUT2D eigenvalue weighted by atomic mass is 32.1. The van der Waals surface area contributed by atoms with Crippen LogP contribution in [0.3, 0.4) is 0 Å². The van der Waals surface area contributed by atoms with Gasteiger partial charge in [-0.1, -0.05) is 6.92 Å². The van der Waals surface area contributed by atoms with Crippen LogP contribution in [0, 0.1) is 4.77 Å². The molecule has 3 heterocycles. The number of hydrogen-bond donors (Lipinski definition) is 3. The van der Waals surface area contributed by atoms with Gasteiger partial charge in [0.15, 0.2) is 4.77 Å². The minimum Gasteiger partial charge on any atom is -0.385 e. The highest BCUT2D eigenvalue weighted by Gasteiger charge is 2.24. The number of quaternary nitrogens is 1. The fourth-order valence-corrected chi connectivity index (χ4v) is 4.31. The van der Waals surface area contributed by atoms with Gasteiger partial charge in [-0.25, -0.2) is 4.98 Å². The van der Waals surface area contributed by atoms with Crippen LogP contribution in [-0.2, 0) is 13.0 Å². The molecule has 1 aliphatic heterocycles. The lowest BCUT2D eigenvalue weighted by atomic mass is 10.1. The third-order valence-electron chi connectivity index (χ3n) is 3.53. The first-order chi connectivity index (χ1) is 8.69. The zero-order valence-electron chi connectivity index (χ0n) is 10.4. The monoisotopic (exact) mass is 281 g/mol. The molecule has 0 saturated heterocycles. The van der Waals surface area contributed by atoms with Gasteiger partial charge in [-0.2, -0.15) is 0 Å². The molecule has 1 aliphatic rings. The fourth-order valence-electron chi connectivity index (χ4n) is 2.74. The van der Waals surface area contributed by atoms with Gasteiger partial charge in [-0.05, 0) is 24.2 Å². The molecule has 4 nitrogen and oxygen atoms in total. The van der Waals surface area contributed by atoms with Gasteiger partial charge in [0.2, 0.25) is 0 Å². The number of aromatic amines is 1. The van der Waals surface area contributed by atoms with E-state index >= 15 is 0 Å². The third kappa shape index (κ3) is 1.94. The number of nitrogens with one attached hydrogen (secondary N) is 2. The summed E-state index contributed by atoms with van der Waals surface area (Å²) in [4.78, 5) is 11.5. The maximum Gasteiger partial charge on any atom is 0.199 e. The van der Waals surface area contributed by atoms with Crippen molar-refractivity contribution in [3.8, 4) is 0 Å². The predicted molar refractivity (Wildman–Crippen MR) is 77.6 cm³/mol. The van der Waals surface area contributed by atoms with E-state index in [1.807, 2.05) is 0 Å². The lowest BCUT2D eigenvalue weighted by Gasteiger charge is -2.23. The van der Waals surface area contributed by atoms with E-state index in [-0.39, 0.29) is 0 Å². The molecule has 0 aliphatic carbocycles. The van der Waals surface area contributed by atoms with Crippen LogP contribution in [0.15, 0.2) is 0 Å². The molecular formula is C12H17N4S2+.